The average molecular weight is 159 g/mol. The van der Waals surface area contributed by atoms with Gasteiger partial charge in [0.25, 0.3) is 0 Å². The van der Waals surface area contributed by atoms with E-state index in [-0.39, 0.29) is 11.6 Å². The quantitative estimate of drug-likeness (QED) is 0.654. The highest BCUT2D eigenvalue weighted by atomic mass is 16.3. The smallest absolute Gasteiger partial charge is 0.0526 e. The van der Waals surface area contributed by atoms with E-state index in [0.29, 0.717) is 6.04 Å². The predicted molar refractivity (Wildman–Crippen MR) is 48.6 cm³/mol. The van der Waals surface area contributed by atoms with E-state index in [1.165, 1.54) is 0 Å². The summed E-state index contributed by atoms with van der Waals surface area (Å²) in [5.74, 6) is 0. The van der Waals surface area contributed by atoms with Crippen LogP contribution in [0.25, 0.3) is 0 Å². The summed E-state index contributed by atoms with van der Waals surface area (Å²) in [7, 11) is 0. The number of hydrogen-bond donors (Lipinski definition) is 2. The van der Waals surface area contributed by atoms with Gasteiger partial charge in [0, 0.05) is 11.6 Å². The van der Waals surface area contributed by atoms with Crippen molar-refractivity contribution < 1.29 is 5.11 Å². The first-order valence-corrected chi connectivity index (χ1v) is 4.27. The molecule has 2 atom stereocenters. The Morgan fingerprint density at radius 2 is 1.73 bits per heavy atom. The molecule has 0 aromatic carbocycles. The van der Waals surface area contributed by atoms with Crippen molar-refractivity contribution in [1.82, 2.24) is 5.32 Å². The minimum atomic E-state index is -0.208. The zero-order valence-corrected chi connectivity index (χ0v) is 8.31. The topological polar surface area (TPSA) is 32.3 Å². The number of rotatable bonds is 3. The van der Waals surface area contributed by atoms with Crippen LogP contribution in [0.15, 0.2) is 0 Å². The van der Waals surface area contributed by atoms with Crippen LogP contribution in [0, 0.1) is 0 Å². The molecule has 0 aliphatic rings. The van der Waals surface area contributed by atoms with Crippen LogP contribution in [0.2, 0.25) is 0 Å². The third kappa shape index (κ3) is 7.82. The standard InChI is InChI=1S/C9H21NO/c1-7(6-8(2)11)10-9(3,4)5/h7-8,10-11H,6H2,1-5H3. The van der Waals surface area contributed by atoms with Gasteiger partial charge in [-0.3, -0.25) is 0 Å². The molecular weight excluding hydrogens is 138 g/mol. The van der Waals surface area contributed by atoms with E-state index in [2.05, 4.69) is 33.0 Å². The van der Waals surface area contributed by atoms with Gasteiger partial charge >= 0.3 is 0 Å². The zero-order valence-electron chi connectivity index (χ0n) is 8.31. The number of hydrogen-bond acceptors (Lipinski definition) is 2. The monoisotopic (exact) mass is 159 g/mol. The van der Waals surface area contributed by atoms with E-state index >= 15 is 0 Å². The van der Waals surface area contributed by atoms with Crippen LogP contribution >= 0.6 is 0 Å². The molecule has 0 spiro atoms. The molecule has 0 aliphatic carbocycles. The maximum atomic E-state index is 9.08. The lowest BCUT2D eigenvalue weighted by Gasteiger charge is -2.26. The third-order valence-electron chi connectivity index (χ3n) is 1.37. The SMILES string of the molecule is CC(O)CC(C)NC(C)(C)C. The molecule has 0 amide bonds. The number of nitrogens with one attached hydrogen (secondary N) is 1. The van der Waals surface area contributed by atoms with Crippen LogP contribution in [-0.2, 0) is 0 Å². The van der Waals surface area contributed by atoms with Crippen molar-refractivity contribution in [2.75, 3.05) is 0 Å². The Labute approximate surface area is 70.0 Å². The summed E-state index contributed by atoms with van der Waals surface area (Å²) in [4.78, 5) is 0. The van der Waals surface area contributed by atoms with E-state index in [1.807, 2.05) is 6.92 Å². The van der Waals surface area contributed by atoms with Gasteiger partial charge in [-0.25, -0.2) is 0 Å². The van der Waals surface area contributed by atoms with Crippen molar-refractivity contribution >= 4 is 0 Å². The van der Waals surface area contributed by atoms with Crippen LogP contribution in [0.3, 0.4) is 0 Å². The fourth-order valence-electron chi connectivity index (χ4n) is 1.31. The van der Waals surface area contributed by atoms with Crippen molar-refractivity contribution in [3.63, 3.8) is 0 Å². The molecule has 0 radical (unpaired) electrons. The second-order valence-electron chi connectivity index (χ2n) is 4.38. The largest absolute Gasteiger partial charge is 0.393 e. The van der Waals surface area contributed by atoms with Gasteiger partial charge in [0.1, 0.15) is 0 Å². The van der Waals surface area contributed by atoms with E-state index in [0.717, 1.165) is 6.42 Å². The summed E-state index contributed by atoms with van der Waals surface area (Å²) in [6, 6.07) is 0.384. The Morgan fingerprint density at radius 3 is 2.00 bits per heavy atom. The summed E-state index contributed by atoms with van der Waals surface area (Å²) in [5.41, 5.74) is 0.147. The molecule has 2 nitrogen and oxygen atoms in total. The van der Waals surface area contributed by atoms with Crippen molar-refractivity contribution in [1.29, 1.82) is 0 Å². The molecule has 2 unspecified atom stereocenters. The summed E-state index contributed by atoms with van der Waals surface area (Å²) >= 11 is 0. The van der Waals surface area contributed by atoms with Crippen LogP contribution in [-0.4, -0.2) is 22.8 Å². The van der Waals surface area contributed by atoms with Crippen LogP contribution in [0.5, 0.6) is 0 Å². The van der Waals surface area contributed by atoms with Gasteiger partial charge in [0.2, 0.25) is 0 Å². The maximum Gasteiger partial charge on any atom is 0.0526 e. The molecule has 0 saturated carbocycles. The lowest BCUT2D eigenvalue weighted by atomic mass is 10.1. The first kappa shape index (κ1) is 10.9. The Balaban J connectivity index is 3.61. The molecule has 0 bridgehead atoms. The van der Waals surface area contributed by atoms with E-state index in [9.17, 15) is 0 Å². The summed E-state index contributed by atoms with van der Waals surface area (Å²) in [6.45, 7) is 10.3. The van der Waals surface area contributed by atoms with Crippen LogP contribution < -0.4 is 5.32 Å². The molecule has 0 saturated heterocycles. The summed E-state index contributed by atoms with van der Waals surface area (Å²) in [6.07, 6.45) is 0.608. The highest BCUT2D eigenvalue weighted by Gasteiger charge is 2.14. The van der Waals surface area contributed by atoms with Crippen LogP contribution in [0.1, 0.15) is 41.0 Å². The summed E-state index contributed by atoms with van der Waals surface area (Å²) in [5, 5.41) is 12.5. The molecule has 0 rings (SSSR count). The number of aliphatic hydroxyl groups is 1. The van der Waals surface area contributed by atoms with Gasteiger partial charge in [-0.15, -0.1) is 0 Å². The Bertz CT molecular complexity index is 105. The van der Waals surface area contributed by atoms with Gasteiger partial charge in [0.05, 0.1) is 6.10 Å². The first-order chi connectivity index (χ1) is 4.81. The molecule has 0 aromatic heterocycles. The van der Waals surface area contributed by atoms with Gasteiger partial charge in [0.15, 0.2) is 0 Å². The lowest BCUT2D eigenvalue weighted by molar-refractivity contribution is 0.164. The maximum absolute atomic E-state index is 9.08. The Hall–Kier alpha value is -0.0800. The molecule has 68 valence electrons. The van der Waals surface area contributed by atoms with E-state index < -0.39 is 0 Å². The molecule has 2 N–H and O–H groups in total. The minimum absolute atomic E-state index is 0.147. The van der Waals surface area contributed by atoms with Gasteiger partial charge in [-0.05, 0) is 41.0 Å². The molecule has 11 heavy (non-hydrogen) atoms. The van der Waals surface area contributed by atoms with Crippen molar-refractivity contribution in [2.24, 2.45) is 0 Å². The third-order valence-corrected chi connectivity index (χ3v) is 1.37. The lowest BCUT2D eigenvalue weighted by Crippen LogP contribution is -2.43. The minimum Gasteiger partial charge on any atom is -0.393 e. The number of aliphatic hydroxyl groups excluding tert-OH is 1. The van der Waals surface area contributed by atoms with Gasteiger partial charge in [-0.1, -0.05) is 0 Å². The fraction of sp³-hybridized carbons (Fsp3) is 1.00. The van der Waals surface area contributed by atoms with Gasteiger partial charge in [-0.2, -0.15) is 0 Å². The molecular formula is C9H21NO. The molecule has 0 aliphatic heterocycles. The highest BCUT2D eigenvalue weighted by Crippen LogP contribution is 2.04. The molecule has 0 heterocycles. The second-order valence-corrected chi connectivity index (χ2v) is 4.38. The van der Waals surface area contributed by atoms with Crippen molar-refractivity contribution in [3.8, 4) is 0 Å². The van der Waals surface area contributed by atoms with Crippen molar-refractivity contribution in [2.45, 2.75) is 58.7 Å². The first-order valence-electron chi connectivity index (χ1n) is 4.27. The normalized spacial score (nSPS) is 18.0. The van der Waals surface area contributed by atoms with Crippen LogP contribution in [0.4, 0.5) is 0 Å². The predicted octanol–water partition coefficient (Wildman–Crippen LogP) is 1.53. The Kier molecular flexibility index (Phi) is 4.04. The molecule has 0 aromatic rings. The second kappa shape index (κ2) is 4.07. The van der Waals surface area contributed by atoms with E-state index in [1.54, 1.807) is 0 Å². The zero-order chi connectivity index (χ0) is 9.07. The van der Waals surface area contributed by atoms with Gasteiger partial charge < -0.3 is 10.4 Å². The molecule has 2 heteroatoms. The summed E-state index contributed by atoms with van der Waals surface area (Å²) < 4.78 is 0. The van der Waals surface area contributed by atoms with E-state index in [4.69, 9.17) is 5.11 Å². The average Bonchev–Trinajstić information content (AvgIpc) is 1.53. The fourth-order valence-corrected chi connectivity index (χ4v) is 1.31. The molecule has 0 fully saturated rings. The highest BCUT2D eigenvalue weighted by molar-refractivity contribution is 4.75. The van der Waals surface area contributed by atoms with Crippen molar-refractivity contribution in [3.05, 3.63) is 0 Å². The Morgan fingerprint density at radius 1 is 1.27 bits per heavy atom.